The minimum atomic E-state index is -3.56. The van der Waals surface area contributed by atoms with Crippen molar-refractivity contribution in [2.45, 2.75) is 36.9 Å². The Bertz CT molecular complexity index is 821. The van der Waals surface area contributed by atoms with E-state index in [1.807, 2.05) is 17.5 Å². The first-order chi connectivity index (χ1) is 11.4. The normalized spacial score (nSPS) is 14.8. The quantitative estimate of drug-likeness (QED) is 0.746. The highest BCUT2D eigenvalue weighted by atomic mass is 32.2. The van der Waals surface area contributed by atoms with Crippen molar-refractivity contribution >= 4 is 27.1 Å². The van der Waals surface area contributed by atoms with E-state index in [4.69, 9.17) is 0 Å². The minimum absolute atomic E-state index is 0.0331. The number of hydrogen-bond donors (Lipinski definition) is 0. The molecule has 1 aliphatic rings. The summed E-state index contributed by atoms with van der Waals surface area (Å²) in [6.45, 7) is 0. The van der Waals surface area contributed by atoms with Crippen LogP contribution in [-0.4, -0.2) is 53.8 Å². The van der Waals surface area contributed by atoms with Crippen LogP contribution in [0.15, 0.2) is 22.7 Å². The molecule has 0 aliphatic heterocycles. The van der Waals surface area contributed by atoms with Crippen molar-refractivity contribution < 1.29 is 13.2 Å². The topological polar surface area (TPSA) is 85.2 Å². The molecule has 1 amide bonds. The van der Waals surface area contributed by atoms with Crippen molar-refractivity contribution in [1.29, 1.82) is 0 Å². The summed E-state index contributed by atoms with van der Waals surface area (Å²) in [5.74, 6) is 0.450. The molecule has 1 aliphatic carbocycles. The van der Waals surface area contributed by atoms with E-state index in [1.165, 1.54) is 16.2 Å². The van der Waals surface area contributed by atoms with Gasteiger partial charge in [-0.1, -0.05) is 6.07 Å². The average molecular weight is 368 g/mol. The maximum Gasteiger partial charge on any atom is 0.250 e. The number of amides is 1. The molecule has 0 bridgehead atoms. The molecule has 0 aromatic carbocycles. The third-order valence-electron chi connectivity index (χ3n) is 3.90. The van der Waals surface area contributed by atoms with Crippen molar-refractivity contribution in [3.8, 4) is 10.7 Å². The van der Waals surface area contributed by atoms with Gasteiger partial charge in [0.2, 0.25) is 20.9 Å². The van der Waals surface area contributed by atoms with Crippen molar-refractivity contribution in [2.24, 2.45) is 0 Å². The predicted molar refractivity (Wildman–Crippen MR) is 91.6 cm³/mol. The van der Waals surface area contributed by atoms with Crippen LogP contribution in [0.1, 0.15) is 31.7 Å². The number of aromatic nitrogens is 3. The van der Waals surface area contributed by atoms with Crippen LogP contribution < -0.4 is 0 Å². The van der Waals surface area contributed by atoms with E-state index >= 15 is 0 Å². The van der Waals surface area contributed by atoms with Crippen LogP contribution in [0.4, 0.5) is 0 Å². The number of carbonyl (C=O) groups is 1. The van der Waals surface area contributed by atoms with Gasteiger partial charge in [0.1, 0.15) is 0 Å². The summed E-state index contributed by atoms with van der Waals surface area (Å²) in [5, 5.41) is 10.1. The number of rotatable bonds is 7. The Morgan fingerprint density at radius 3 is 2.71 bits per heavy atom. The van der Waals surface area contributed by atoms with Crippen LogP contribution >= 0.6 is 11.3 Å². The molecule has 0 radical (unpaired) electrons. The zero-order chi connectivity index (χ0) is 17.3. The Hall–Kier alpha value is -1.74. The SMILES string of the molecule is CN(C)C(=O)CCCS(=O)(=O)c1nnc(-c2cccs2)n1C1CC1. The van der Waals surface area contributed by atoms with Gasteiger partial charge in [0, 0.05) is 26.6 Å². The molecule has 130 valence electrons. The van der Waals surface area contributed by atoms with E-state index in [0.29, 0.717) is 5.82 Å². The first-order valence-electron chi connectivity index (χ1n) is 7.82. The maximum absolute atomic E-state index is 12.7. The fraction of sp³-hybridized carbons (Fsp3) is 0.533. The lowest BCUT2D eigenvalue weighted by Crippen LogP contribution is -2.22. The molecule has 1 saturated carbocycles. The summed E-state index contributed by atoms with van der Waals surface area (Å²) in [6, 6.07) is 3.98. The molecule has 2 aromatic rings. The van der Waals surface area contributed by atoms with Gasteiger partial charge in [-0.05, 0) is 30.7 Å². The molecule has 0 atom stereocenters. The smallest absolute Gasteiger partial charge is 0.250 e. The largest absolute Gasteiger partial charge is 0.349 e. The van der Waals surface area contributed by atoms with Crippen molar-refractivity contribution in [3.05, 3.63) is 17.5 Å². The number of carbonyl (C=O) groups excluding carboxylic acids is 1. The van der Waals surface area contributed by atoms with E-state index in [9.17, 15) is 13.2 Å². The van der Waals surface area contributed by atoms with E-state index in [-0.39, 0.29) is 35.7 Å². The third kappa shape index (κ3) is 3.51. The second-order valence-corrected chi connectivity index (χ2v) is 9.05. The van der Waals surface area contributed by atoms with Gasteiger partial charge in [-0.25, -0.2) is 8.42 Å². The Balaban J connectivity index is 1.82. The lowest BCUT2D eigenvalue weighted by Gasteiger charge is -2.11. The van der Waals surface area contributed by atoms with Crippen LogP contribution in [0.2, 0.25) is 0 Å². The maximum atomic E-state index is 12.7. The Morgan fingerprint density at radius 2 is 2.12 bits per heavy atom. The molecular weight excluding hydrogens is 348 g/mol. The fourth-order valence-electron chi connectivity index (χ4n) is 2.45. The highest BCUT2D eigenvalue weighted by Crippen LogP contribution is 2.40. The molecule has 2 aromatic heterocycles. The Kier molecular flexibility index (Phi) is 4.73. The van der Waals surface area contributed by atoms with E-state index in [0.717, 1.165) is 17.7 Å². The lowest BCUT2D eigenvalue weighted by atomic mass is 10.3. The number of thiophene rings is 1. The molecule has 7 nitrogen and oxygen atoms in total. The monoisotopic (exact) mass is 368 g/mol. The summed E-state index contributed by atoms with van der Waals surface area (Å²) in [5.41, 5.74) is 0. The first kappa shape index (κ1) is 17.1. The highest BCUT2D eigenvalue weighted by molar-refractivity contribution is 7.91. The zero-order valence-corrected chi connectivity index (χ0v) is 15.3. The Labute approximate surface area is 145 Å². The molecule has 1 fully saturated rings. The third-order valence-corrected chi connectivity index (χ3v) is 6.43. The van der Waals surface area contributed by atoms with Crippen LogP contribution in [0.3, 0.4) is 0 Å². The van der Waals surface area contributed by atoms with Gasteiger partial charge in [-0.2, -0.15) is 0 Å². The molecule has 24 heavy (non-hydrogen) atoms. The lowest BCUT2D eigenvalue weighted by molar-refractivity contribution is -0.128. The average Bonchev–Trinajstić information content (AvgIpc) is 3.04. The van der Waals surface area contributed by atoms with Gasteiger partial charge in [0.25, 0.3) is 0 Å². The molecule has 3 rings (SSSR count). The molecular formula is C15H20N4O3S2. The molecule has 2 heterocycles. The standard InChI is InChI=1S/C15H20N4O3S2/c1-18(2)13(20)6-4-10-24(21,22)15-17-16-14(12-5-3-9-23-12)19(15)11-7-8-11/h3,5,9,11H,4,6-8,10H2,1-2H3. The summed E-state index contributed by atoms with van der Waals surface area (Å²) in [4.78, 5) is 14.0. The van der Waals surface area contributed by atoms with Gasteiger partial charge in [-0.15, -0.1) is 21.5 Å². The summed E-state index contributed by atoms with van der Waals surface area (Å²) < 4.78 is 27.1. The van der Waals surface area contributed by atoms with E-state index in [1.54, 1.807) is 18.7 Å². The second kappa shape index (κ2) is 6.64. The summed E-state index contributed by atoms with van der Waals surface area (Å²) >= 11 is 1.52. The number of hydrogen-bond acceptors (Lipinski definition) is 6. The van der Waals surface area contributed by atoms with Crippen LogP contribution in [0.5, 0.6) is 0 Å². The van der Waals surface area contributed by atoms with Gasteiger partial charge < -0.3 is 4.90 Å². The Morgan fingerprint density at radius 1 is 1.38 bits per heavy atom. The molecule has 0 spiro atoms. The fourth-order valence-corrected chi connectivity index (χ4v) is 4.57. The number of nitrogens with zero attached hydrogens (tertiary/aromatic N) is 4. The van der Waals surface area contributed by atoms with Crippen molar-refractivity contribution in [3.63, 3.8) is 0 Å². The summed E-state index contributed by atoms with van der Waals surface area (Å²) in [6.07, 6.45) is 2.38. The first-order valence-corrected chi connectivity index (χ1v) is 10.3. The number of sulfone groups is 1. The second-order valence-electron chi connectivity index (χ2n) is 6.10. The zero-order valence-electron chi connectivity index (χ0n) is 13.7. The van der Waals surface area contributed by atoms with Crippen LogP contribution in [-0.2, 0) is 14.6 Å². The van der Waals surface area contributed by atoms with E-state index < -0.39 is 9.84 Å². The molecule has 0 N–H and O–H groups in total. The van der Waals surface area contributed by atoms with Gasteiger partial charge >= 0.3 is 0 Å². The van der Waals surface area contributed by atoms with E-state index in [2.05, 4.69) is 10.2 Å². The van der Waals surface area contributed by atoms with Gasteiger partial charge in [-0.3, -0.25) is 9.36 Å². The van der Waals surface area contributed by atoms with Crippen molar-refractivity contribution in [2.75, 3.05) is 19.8 Å². The molecule has 0 unspecified atom stereocenters. The van der Waals surface area contributed by atoms with Gasteiger partial charge in [0.05, 0.1) is 10.6 Å². The van der Waals surface area contributed by atoms with Crippen LogP contribution in [0.25, 0.3) is 10.7 Å². The summed E-state index contributed by atoms with van der Waals surface area (Å²) in [7, 11) is -0.243. The van der Waals surface area contributed by atoms with Gasteiger partial charge in [0.15, 0.2) is 5.82 Å². The molecule has 9 heteroatoms. The minimum Gasteiger partial charge on any atom is -0.349 e. The highest BCUT2D eigenvalue weighted by Gasteiger charge is 2.34. The van der Waals surface area contributed by atoms with Crippen molar-refractivity contribution in [1.82, 2.24) is 19.7 Å². The molecule has 0 saturated heterocycles. The van der Waals surface area contributed by atoms with Crippen LogP contribution in [0, 0.1) is 0 Å². The predicted octanol–water partition coefficient (Wildman–Crippen LogP) is 1.98.